The maximum absolute atomic E-state index is 11.8. The lowest BCUT2D eigenvalue weighted by Crippen LogP contribution is -2.16. The van der Waals surface area contributed by atoms with Crippen LogP contribution in [-0.4, -0.2) is 27.3 Å². The average Bonchev–Trinajstić information content (AvgIpc) is 2.38. The molecule has 0 radical (unpaired) electrons. The van der Waals surface area contributed by atoms with E-state index in [-0.39, 0.29) is 4.90 Å². The first-order chi connectivity index (χ1) is 8.58. The SMILES string of the molecule is Cc1ccc(S(=O)(=O)ON=C2CCOCC2)cc1. The van der Waals surface area contributed by atoms with Gasteiger partial charge in [0.25, 0.3) is 0 Å². The van der Waals surface area contributed by atoms with Crippen LogP contribution in [0.5, 0.6) is 0 Å². The smallest absolute Gasteiger partial charge is 0.358 e. The highest BCUT2D eigenvalue weighted by molar-refractivity contribution is 7.86. The van der Waals surface area contributed by atoms with Crippen LogP contribution >= 0.6 is 0 Å². The molecule has 1 heterocycles. The number of hydrogen-bond acceptors (Lipinski definition) is 5. The minimum atomic E-state index is -3.80. The Morgan fingerprint density at radius 3 is 2.39 bits per heavy atom. The normalized spacial score (nSPS) is 16.4. The number of benzene rings is 1. The van der Waals surface area contributed by atoms with Gasteiger partial charge in [0.05, 0.1) is 18.9 Å². The molecule has 98 valence electrons. The third-order valence-electron chi connectivity index (χ3n) is 2.64. The Bertz CT molecular complexity index is 526. The number of aryl methyl sites for hydroxylation is 1. The predicted molar refractivity (Wildman–Crippen MR) is 66.9 cm³/mol. The van der Waals surface area contributed by atoms with E-state index in [2.05, 4.69) is 5.16 Å². The highest BCUT2D eigenvalue weighted by atomic mass is 32.2. The molecule has 0 saturated carbocycles. The van der Waals surface area contributed by atoms with Gasteiger partial charge in [-0.15, -0.1) is 0 Å². The van der Waals surface area contributed by atoms with E-state index in [4.69, 9.17) is 9.02 Å². The van der Waals surface area contributed by atoms with E-state index in [9.17, 15) is 8.42 Å². The molecule has 0 atom stereocenters. The van der Waals surface area contributed by atoms with Gasteiger partial charge in [-0.3, -0.25) is 4.28 Å². The molecule has 0 spiro atoms. The van der Waals surface area contributed by atoms with Crippen LogP contribution in [-0.2, 0) is 19.1 Å². The van der Waals surface area contributed by atoms with Gasteiger partial charge in [0.1, 0.15) is 4.90 Å². The van der Waals surface area contributed by atoms with E-state index < -0.39 is 10.1 Å². The van der Waals surface area contributed by atoms with Gasteiger partial charge in [0, 0.05) is 12.8 Å². The summed E-state index contributed by atoms with van der Waals surface area (Å²) in [7, 11) is -3.80. The average molecular weight is 269 g/mol. The Kier molecular flexibility index (Phi) is 3.98. The molecule has 18 heavy (non-hydrogen) atoms. The molecule has 1 aliphatic rings. The van der Waals surface area contributed by atoms with Gasteiger partial charge >= 0.3 is 10.1 Å². The molecule has 6 heteroatoms. The lowest BCUT2D eigenvalue weighted by atomic mass is 10.2. The third-order valence-corrected chi connectivity index (χ3v) is 3.76. The molecule has 0 bridgehead atoms. The molecule has 0 amide bonds. The largest absolute Gasteiger partial charge is 0.381 e. The summed E-state index contributed by atoms with van der Waals surface area (Å²) in [5.74, 6) is 0. The number of nitrogens with zero attached hydrogens (tertiary/aromatic N) is 1. The van der Waals surface area contributed by atoms with Crippen molar-refractivity contribution in [2.45, 2.75) is 24.7 Å². The van der Waals surface area contributed by atoms with Crippen LogP contribution in [0.2, 0.25) is 0 Å². The van der Waals surface area contributed by atoms with Gasteiger partial charge in [-0.05, 0) is 19.1 Å². The maximum atomic E-state index is 11.8. The number of oxime groups is 1. The molecule has 2 rings (SSSR count). The van der Waals surface area contributed by atoms with E-state index >= 15 is 0 Å². The van der Waals surface area contributed by atoms with Crippen molar-refractivity contribution < 1.29 is 17.4 Å². The molecule has 5 nitrogen and oxygen atoms in total. The van der Waals surface area contributed by atoms with Gasteiger partial charge in [-0.2, -0.15) is 8.42 Å². The predicted octanol–water partition coefficient (Wildman–Crippen LogP) is 1.87. The first-order valence-electron chi connectivity index (χ1n) is 5.72. The second-order valence-corrected chi connectivity index (χ2v) is 5.64. The fourth-order valence-electron chi connectivity index (χ4n) is 1.55. The molecule has 1 aromatic rings. The van der Waals surface area contributed by atoms with E-state index in [1.807, 2.05) is 6.92 Å². The maximum Gasteiger partial charge on any atom is 0.358 e. The minimum absolute atomic E-state index is 0.115. The van der Waals surface area contributed by atoms with Crippen molar-refractivity contribution in [3.8, 4) is 0 Å². The van der Waals surface area contributed by atoms with Crippen molar-refractivity contribution in [2.75, 3.05) is 13.2 Å². The first kappa shape index (κ1) is 13.0. The topological polar surface area (TPSA) is 65.0 Å². The van der Waals surface area contributed by atoms with Crippen LogP contribution in [0.3, 0.4) is 0 Å². The van der Waals surface area contributed by atoms with Crippen LogP contribution in [0, 0.1) is 6.92 Å². The Morgan fingerprint density at radius 1 is 1.17 bits per heavy atom. The van der Waals surface area contributed by atoms with E-state index in [0.29, 0.717) is 26.1 Å². The fraction of sp³-hybridized carbons (Fsp3) is 0.417. The Morgan fingerprint density at radius 2 is 1.78 bits per heavy atom. The Balaban J connectivity index is 2.09. The molecule has 1 saturated heterocycles. The molecule has 1 aliphatic heterocycles. The van der Waals surface area contributed by atoms with Crippen molar-refractivity contribution in [3.05, 3.63) is 29.8 Å². The summed E-state index contributed by atoms with van der Waals surface area (Å²) >= 11 is 0. The second kappa shape index (κ2) is 5.49. The molecule has 0 N–H and O–H groups in total. The zero-order valence-corrected chi connectivity index (χ0v) is 10.9. The van der Waals surface area contributed by atoms with Gasteiger partial charge in [-0.25, -0.2) is 0 Å². The standard InChI is InChI=1S/C12H15NO4S/c1-10-2-4-12(5-3-10)18(14,15)17-13-11-6-8-16-9-7-11/h2-5H,6-9H2,1H3. The van der Waals surface area contributed by atoms with Crippen LogP contribution in [0.15, 0.2) is 34.3 Å². The van der Waals surface area contributed by atoms with Crippen molar-refractivity contribution in [2.24, 2.45) is 5.16 Å². The zero-order chi connectivity index (χ0) is 13.0. The van der Waals surface area contributed by atoms with Gasteiger partial charge in [0.2, 0.25) is 0 Å². The lowest BCUT2D eigenvalue weighted by molar-refractivity contribution is 0.133. The van der Waals surface area contributed by atoms with Crippen molar-refractivity contribution in [1.82, 2.24) is 0 Å². The van der Waals surface area contributed by atoms with Crippen LogP contribution in [0.1, 0.15) is 18.4 Å². The van der Waals surface area contributed by atoms with Crippen molar-refractivity contribution in [1.29, 1.82) is 0 Å². The highest BCUT2D eigenvalue weighted by Gasteiger charge is 2.16. The summed E-state index contributed by atoms with van der Waals surface area (Å²) in [5.41, 5.74) is 1.71. The summed E-state index contributed by atoms with van der Waals surface area (Å²) in [6.45, 7) is 3.01. The second-order valence-electron chi connectivity index (χ2n) is 4.11. The Hall–Kier alpha value is -1.40. The Labute approximate surface area is 107 Å². The summed E-state index contributed by atoms with van der Waals surface area (Å²) in [5, 5.41) is 3.70. The third kappa shape index (κ3) is 3.30. The molecule has 1 fully saturated rings. The molecular weight excluding hydrogens is 254 g/mol. The number of ether oxygens (including phenoxy) is 1. The number of rotatable bonds is 3. The minimum Gasteiger partial charge on any atom is -0.381 e. The van der Waals surface area contributed by atoms with Gasteiger partial charge in [-0.1, -0.05) is 22.9 Å². The fourth-order valence-corrected chi connectivity index (χ4v) is 2.31. The first-order valence-corrected chi connectivity index (χ1v) is 7.12. The molecule has 0 unspecified atom stereocenters. The monoisotopic (exact) mass is 269 g/mol. The summed E-state index contributed by atoms with van der Waals surface area (Å²) in [6, 6.07) is 6.46. The lowest BCUT2D eigenvalue weighted by Gasteiger charge is -2.12. The summed E-state index contributed by atoms with van der Waals surface area (Å²) in [4.78, 5) is 0.115. The van der Waals surface area contributed by atoms with Crippen molar-refractivity contribution in [3.63, 3.8) is 0 Å². The summed E-state index contributed by atoms with van der Waals surface area (Å²) < 4.78 is 33.5. The molecule has 0 aromatic heterocycles. The van der Waals surface area contributed by atoms with Crippen LogP contribution in [0.4, 0.5) is 0 Å². The number of hydrogen-bond donors (Lipinski definition) is 0. The molecule has 0 aliphatic carbocycles. The quantitative estimate of drug-likeness (QED) is 0.786. The van der Waals surface area contributed by atoms with Crippen LogP contribution < -0.4 is 0 Å². The van der Waals surface area contributed by atoms with E-state index in [1.165, 1.54) is 12.1 Å². The van der Waals surface area contributed by atoms with E-state index in [1.54, 1.807) is 12.1 Å². The summed E-state index contributed by atoms with van der Waals surface area (Å²) in [6.07, 6.45) is 1.23. The van der Waals surface area contributed by atoms with Crippen LogP contribution in [0.25, 0.3) is 0 Å². The highest BCUT2D eigenvalue weighted by Crippen LogP contribution is 2.14. The zero-order valence-electron chi connectivity index (χ0n) is 10.1. The molecular formula is C12H15NO4S. The van der Waals surface area contributed by atoms with Gasteiger partial charge < -0.3 is 4.74 Å². The molecule has 1 aromatic carbocycles. The van der Waals surface area contributed by atoms with Crippen molar-refractivity contribution >= 4 is 15.8 Å². The van der Waals surface area contributed by atoms with Gasteiger partial charge in [0.15, 0.2) is 0 Å². The van der Waals surface area contributed by atoms with E-state index in [0.717, 1.165) is 11.3 Å².